The molecular formula is C16H22N4O. The first kappa shape index (κ1) is 15.1. The first-order valence-corrected chi connectivity index (χ1v) is 7.02. The van der Waals surface area contributed by atoms with Crippen LogP contribution in [-0.2, 0) is 17.9 Å². The van der Waals surface area contributed by atoms with E-state index in [2.05, 4.69) is 21.6 Å². The Labute approximate surface area is 125 Å². The Hall–Kier alpha value is -2.30. The molecule has 2 rings (SSSR count). The lowest BCUT2D eigenvalue weighted by Crippen LogP contribution is -2.23. The fourth-order valence-electron chi connectivity index (χ4n) is 2.19. The predicted octanol–water partition coefficient (Wildman–Crippen LogP) is 2.62. The Kier molecular flexibility index (Phi) is 4.62. The minimum Gasteiger partial charge on any atom is -0.381 e. The van der Waals surface area contributed by atoms with Crippen molar-refractivity contribution in [2.24, 2.45) is 0 Å². The molecule has 5 heteroatoms. The number of hydrogen-bond donors (Lipinski definition) is 2. The summed E-state index contributed by atoms with van der Waals surface area (Å²) >= 11 is 0. The van der Waals surface area contributed by atoms with Gasteiger partial charge < -0.3 is 10.2 Å². The van der Waals surface area contributed by atoms with Gasteiger partial charge in [-0.3, -0.25) is 9.89 Å². The molecule has 1 amide bonds. The van der Waals surface area contributed by atoms with E-state index in [0.29, 0.717) is 6.54 Å². The molecule has 1 heterocycles. The molecule has 0 radical (unpaired) electrons. The van der Waals surface area contributed by atoms with Crippen molar-refractivity contribution in [2.75, 3.05) is 12.4 Å². The molecule has 0 unspecified atom stereocenters. The van der Waals surface area contributed by atoms with Gasteiger partial charge in [-0.15, -0.1) is 0 Å². The minimum absolute atomic E-state index is 0.0676. The van der Waals surface area contributed by atoms with E-state index in [1.807, 2.05) is 32.0 Å². The molecule has 0 saturated carbocycles. The van der Waals surface area contributed by atoms with E-state index in [-0.39, 0.29) is 5.91 Å². The largest absolute Gasteiger partial charge is 0.381 e. The van der Waals surface area contributed by atoms with Crippen LogP contribution in [0.3, 0.4) is 0 Å². The molecule has 0 aliphatic rings. The van der Waals surface area contributed by atoms with Gasteiger partial charge in [0, 0.05) is 44.0 Å². The van der Waals surface area contributed by atoms with Gasteiger partial charge in [0.15, 0.2) is 0 Å². The first-order valence-electron chi connectivity index (χ1n) is 7.02. The van der Waals surface area contributed by atoms with Crippen LogP contribution in [0.25, 0.3) is 0 Å². The van der Waals surface area contributed by atoms with E-state index >= 15 is 0 Å². The zero-order valence-corrected chi connectivity index (χ0v) is 13.0. The van der Waals surface area contributed by atoms with Crippen LogP contribution in [0.15, 0.2) is 24.3 Å². The number of amides is 1. The van der Waals surface area contributed by atoms with E-state index in [4.69, 9.17) is 0 Å². The van der Waals surface area contributed by atoms with Gasteiger partial charge in [-0.1, -0.05) is 12.1 Å². The van der Waals surface area contributed by atoms with Crippen LogP contribution in [-0.4, -0.2) is 28.1 Å². The molecule has 21 heavy (non-hydrogen) atoms. The van der Waals surface area contributed by atoms with E-state index < -0.39 is 0 Å². The van der Waals surface area contributed by atoms with Crippen LogP contribution < -0.4 is 5.32 Å². The van der Waals surface area contributed by atoms with Crippen molar-refractivity contribution in [3.8, 4) is 0 Å². The number of aromatic amines is 1. The number of benzene rings is 1. The van der Waals surface area contributed by atoms with Gasteiger partial charge in [0.05, 0.1) is 5.69 Å². The molecule has 112 valence electrons. The van der Waals surface area contributed by atoms with Crippen molar-refractivity contribution in [1.29, 1.82) is 0 Å². The number of carbonyl (C=O) groups excluding carboxylic acids is 1. The van der Waals surface area contributed by atoms with Gasteiger partial charge in [-0.25, -0.2) is 0 Å². The molecule has 1 aromatic carbocycles. The van der Waals surface area contributed by atoms with E-state index in [0.717, 1.165) is 29.2 Å². The third-order valence-electron chi connectivity index (χ3n) is 3.63. The summed E-state index contributed by atoms with van der Waals surface area (Å²) in [6, 6.07) is 8.13. The summed E-state index contributed by atoms with van der Waals surface area (Å²) < 4.78 is 0. The Morgan fingerprint density at radius 2 is 2.14 bits per heavy atom. The number of anilines is 1. The second kappa shape index (κ2) is 6.43. The molecule has 0 fully saturated rings. The first-order chi connectivity index (χ1) is 9.97. The maximum Gasteiger partial charge on any atom is 0.219 e. The second-order valence-corrected chi connectivity index (χ2v) is 5.34. The number of nitrogens with zero attached hydrogens (tertiary/aromatic N) is 2. The van der Waals surface area contributed by atoms with Crippen LogP contribution >= 0.6 is 0 Å². The molecule has 0 spiro atoms. The highest BCUT2D eigenvalue weighted by Gasteiger charge is 2.07. The number of H-pyrrole nitrogens is 1. The lowest BCUT2D eigenvalue weighted by Gasteiger charge is -2.15. The molecule has 0 aliphatic carbocycles. The molecule has 1 aromatic heterocycles. The van der Waals surface area contributed by atoms with Crippen LogP contribution in [0.1, 0.15) is 29.4 Å². The summed E-state index contributed by atoms with van der Waals surface area (Å²) in [6.45, 7) is 6.95. The molecule has 2 aromatic rings. The molecule has 0 saturated heterocycles. The normalized spacial score (nSPS) is 10.5. The number of aryl methyl sites for hydroxylation is 2. The molecule has 0 bridgehead atoms. The van der Waals surface area contributed by atoms with Crippen molar-refractivity contribution in [3.05, 3.63) is 46.8 Å². The van der Waals surface area contributed by atoms with Crippen molar-refractivity contribution >= 4 is 11.6 Å². The Morgan fingerprint density at radius 3 is 2.76 bits per heavy atom. The smallest absolute Gasteiger partial charge is 0.219 e. The second-order valence-electron chi connectivity index (χ2n) is 5.34. The third-order valence-corrected chi connectivity index (χ3v) is 3.63. The fraction of sp³-hybridized carbons (Fsp3) is 0.375. The summed E-state index contributed by atoms with van der Waals surface area (Å²) in [4.78, 5) is 13.0. The molecule has 0 aliphatic heterocycles. The van der Waals surface area contributed by atoms with Gasteiger partial charge in [-0.2, -0.15) is 5.10 Å². The Morgan fingerprint density at radius 1 is 1.38 bits per heavy atom. The highest BCUT2D eigenvalue weighted by molar-refractivity contribution is 5.72. The van der Waals surface area contributed by atoms with Gasteiger partial charge >= 0.3 is 0 Å². The summed E-state index contributed by atoms with van der Waals surface area (Å²) in [7, 11) is 1.81. The molecular weight excluding hydrogens is 264 g/mol. The summed E-state index contributed by atoms with van der Waals surface area (Å²) in [5.41, 5.74) is 5.46. The van der Waals surface area contributed by atoms with E-state index in [1.165, 1.54) is 5.56 Å². The standard InChI is InChI=1S/C16H22N4O/c1-11-16(12(2)19-18-11)9-17-15-7-5-6-14(8-15)10-20(4)13(3)21/h5-8,17H,9-10H2,1-4H3,(H,18,19). The van der Waals surface area contributed by atoms with Crippen LogP contribution in [0.5, 0.6) is 0 Å². The van der Waals surface area contributed by atoms with Crippen molar-refractivity contribution in [1.82, 2.24) is 15.1 Å². The zero-order valence-electron chi connectivity index (χ0n) is 13.0. The van der Waals surface area contributed by atoms with E-state index in [1.54, 1.807) is 18.9 Å². The van der Waals surface area contributed by atoms with Gasteiger partial charge in [0.2, 0.25) is 5.91 Å². The quantitative estimate of drug-likeness (QED) is 0.888. The van der Waals surface area contributed by atoms with Gasteiger partial charge in [0.25, 0.3) is 0 Å². The SMILES string of the molecule is CC(=O)N(C)Cc1cccc(NCc2c(C)n[nH]c2C)c1. The zero-order chi connectivity index (χ0) is 15.4. The number of carbonyl (C=O) groups is 1. The predicted molar refractivity (Wildman–Crippen MR) is 84.0 cm³/mol. The maximum absolute atomic E-state index is 11.3. The number of rotatable bonds is 5. The number of hydrogen-bond acceptors (Lipinski definition) is 3. The minimum atomic E-state index is 0.0676. The molecule has 5 nitrogen and oxygen atoms in total. The van der Waals surface area contributed by atoms with Crippen molar-refractivity contribution in [2.45, 2.75) is 33.9 Å². The lowest BCUT2D eigenvalue weighted by atomic mass is 10.1. The monoisotopic (exact) mass is 286 g/mol. The van der Waals surface area contributed by atoms with Crippen LogP contribution in [0, 0.1) is 13.8 Å². The lowest BCUT2D eigenvalue weighted by molar-refractivity contribution is -0.128. The average molecular weight is 286 g/mol. The fourth-order valence-corrected chi connectivity index (χ4v) is 2.19. The Bertz CT molecular complexity index is 613. The van der Waals surface area contributed by atoms with Crippen LogP contribution in [0.2, 0.25) is 0 Å². The molecule has 2 N–H and O–H groups in total. The van der Waals surface area contributed by atoms with Crippen molar-refractivity contribution in [3.63, 3.8) is 0 Å². The summed E-state index contributed by atoms with van der Waals surface area (Å²) in [5, 5.41) is 10.6. The third kappa shape index (κ3) is 3.84. The van der Waals surface area contributed by atoms with Crippen molar-refractivity contribution < 1.29 is 4.79 Å². The van der Waals surface area contributed by atoms with Gasteiger partial charge in [-0.05, 0) is 31.5 Å². The molecule has 0 atom stereocenters. The maximum atomic E-state index is 11.3. The number of nitrogens with one attached hydrogen (secondary N) is 2. The van der Waals surface area contributed by atoms with Gasteiger partial charge in [0.1, 0.15) is 0 Å². The number of aromatic nitrogens is 2. The van der Waals surface area contributed by atoms with E-state index in [9.17, 15) is 4.79 Å². The highest BCUT2D eigenvalue weighted by atomic mass is 16.2. The summed E-state index contributed by atoms with van der Waals surface area (Å²) in [5.74, 6) is 0.0676. The average Bonchev–Trinajstić information content (AvgIpc) is 2.76. The highest BCUT2D eigenvalue weighted by Crippen LogP contribution is 2.16. The summed E-state index contributed by atoms with van der Waals surface area (Å²) in [6.07, 6.45) is 0. The van der Waals surface area contributed by atoms with Crippen LogP contribution in [0.4, 0.5) is 5.69 Å². The Balaban J connectivity index is 2.03. The topological polar surface area (TPSA) is 61.0 Å².